The summed E-state index contributed by atoms with van der Waals surface area (Å²) in [5.74, 6) is 0.771. The summed E-state index contributed by atoms with van der Waals surface area (Å²) in [6, 6.07) is 12.8. The van der Waals surface area contributed by atoms with Gasteiger partial charge in [-0.1, -0.05) is 58.9 Å². The molecule has 0 spiro atoms. The molecule has 0 saturated heterocycles. The van der Waals surface area contributed by atoms with Gasteiger partial charge in [-0.2, -0.15) is 0 Å². The SMILES string of the molecule is COc1cc2c(cc1-c1ccc(C(C)(C)C)cc1)CC(C)(C)C2OC(N)=O. The van der Waals surface area contributed by atoms with Gasteiger partial charge in [-0.05, 0) is 46.2 Å². The molecule has 0 bridgehead atoms. The molecule has 1 unspecified atom stereocenters. The fourth-order valence-electron chi connectivity index (χ4n) is 3.93. The molecule has 3 rings (SSSR count). The lowest BCUT2D eigenvalue weighted by atomic mass is 9.86. The van der Waals surface area contributed by atoms with Gasteiger partial charge >= 0.3 is 6.09 Å². The van der Waals surface area contributed by atoms with Gasteiger partial charge in [0.15, 0.2) is 0 Å². The van der Waals surface area contributed by atoms with Crippen molar-refractivity contribution in [3.63, 3.8) is 0 Å². The fourth-order valence-corrected chi connectivity index (χ4v) is 3.93. The Morgan fingerprint density at radius 3 is 2.30 bits per heavy atom. The van der Waals surface area contributed by atoms with Crippen LogP contribution in [0.4, 0.5) is 4.79 Å². The standard InChI is InChI=1S/C23H29NO3/c1-22(2,3)16-9-7-14(8-10-16)17-11-15-13-23(4,5)20(27-21(24)25)18(15)12-19(17)26-6/h7-12,20H,13H2,1-6H3,(H2,24,25). The third kappa shape index (κ3) is 3.66. The van der Waals surface area contributed by atoms with E-state index in [-0.39, 0.29) is 16.9 Å². The summed E-state index contributed by atoms with van der Waals surface area (Å²) < 4.78 is 11.1. The molecule has 4 heteroatoms. The molecule has 0 fully saturated rings. The number of benzene rings is 2. The first kappa shape index (κ1) is 19.3. The van der Waals surface area contributed by atoms with Crippen LogP contribution in [0.5, 0.6) is 5.75 Å². The Bertz CT molecular complexity index is 860. The number of carbonyl (C=O) groups is 1. The minimum absolute atomic E-state index is 0.115. The van der Waals surface area contributed by atoms with Crippen LogP contribution in [0.3, 0.4) is 0 Å². The Labute approximate surface area is 161 Å². The van der Waals surface area contributed by atoms with Crippen molar-refractivity contribution in [1.29, 1.82) is 0 Å². The molecule has 27 heavy (non-hydrogen) atoms. The van der Waals surface area contributed by atoms with Gasteiger partial charge in [0.25, 0.3) is 0 Å². The maximum atomic E-state index is 11.4. The number of methoxy groups -OCH3 is 1. The molecule has 2 N–H and O–H groups in total. The Balaban J connectivity index is 2.06. The second kappa shape index (κ2) is 6.59. The van der Waals surface area contributed by atoms with Crippen molar-refractivity contribution in [1.82, 2.24) is 0 Å². The summed E-state index contributed by atoms with van der Waals surface area (Å²) in [4.78, 5) is 11.4. The highest BCUT2D eigenvalue weighted by molar-refractivity contribution is 5.73. The van der Waals surface area contributed by atoms with Gasteiger partial charge in [0.2, 0.25) is 0 Å². The first-order chi connectivity index (χ1) is 12.5. The van der Waals surface area contributed by atoms with Crippen LogP contribution < -0.4 is 10.5 Å². The number of hydrogen-bond acceptors (Lipinski definition) is 3. The fraction of sp³-hybridized carbons (Fsp3) is 0.435. The average molecular weight is 367 g/mol. The van der Waals surface area contributed by atoms with Gasteiger partial charge in [0.1, 0.15) is 11.9 Å². The van der Waals surface area contributed by atoms with E-state index in [0.717, 1.165) is 28.9 Å². The first-order valence-corrected chi connectivity index (χ1v) is 9.31. The van der Waals surface area contributed by atoms with Crippen LogP contribution in [0, 0.1) is 5.41 Å². The molecule has 0 aliphatic heterocycles. The van der Waals surface area contributed by atoms with Crippen LogP contribution in [-0.4, -0.2) is 13.2 Å². The van der Waals surface area contributed by atoms with Gasteiger partial charge in [0.05, 0.1) is 7.11 Å². The normalized spacial score (nSPS) is 18.1. The second-order valence-electron chi connectivity index (χ2n) is 9.06. The molecular weight excluding hydrogens is 338 g/mol. The number of hydrogen-bond donors (Lipinski definition) is 1. The highest BCUT2D eigenvalue weighted by Gasteiger charge is 2.42. The molecule has 1 aliphatic rings. The lowest BCUT2D eigenvalue weighted by Gasteiger charge is -2.26. The molecule has 4 nitrogen and oxygen atoms in total. The zero-order valence-corrected chi connectivity index (χ0v) is 17.1. The molecule has 0 aromatic heterocycles. The van der Waals surface area contributed by atoms with Crippen LogP contribution in [0.1, 0.15) is 57.4 Å². The number of primary amides is 1. The van der Waals surface area contributed by atoms with Crippen molar-refractivity contribution in [2.75, 3.05) is 7.11 Å². The predicted molar refractivity (Wildman–Crippen MR) is 108 cm³/mol. The Hall–Kier alpha value is -2.49. The number of rotatable bonds is 3. The Morgan fingerprint density at radius 2 is 1.78 bits per heavy atom. The molecule has 0 heterocycles. The van der Waals surface area contributed by atoms with E-state index in [1.54, 1.807) is 7.11 Å². The van der Waals surface area contributed by atoms with E-state index in [9.17, 15) is 4.79 Å². The van der Waals surface area contributed by atoms with E-state index in [0.29, 0.717) is 0 Å². The van der Waals surface area contributed by atoms with Crippen molar-refractivity contribution in [2.24, 2.45) is 11.1 Å². The number of nitrogens with two attached hydrogens (primary N) is 1. The Kier molecular flexibility index (Phi) is 4.71. The van der Waals surface area contributed by atoms with Crippen molar-refractivity contribution in [2.45, 2.75) is 52.6 Å². The summed E-state index contributed by atoms with van der Waals surface area (Å²) in [5.41, 5.74) is 10.8. The highest BCUT2D eigenvalue weighted by Crippen LogP contribution is 2.50. The molecule has 1 aliphatic carbocycles. The largest absolute Gasteiger partial charge is 0.496 e. The summed E-state index contributed by atoms with van der Waals surface area (Å²) in [7, 11) is 1.67. The molecule has 1 atom stereocenters. The third-order valence-corrected chi connectivity index (χ3v) is 5.40. The van der Waals surface area contributed by atoms with Gasteiger partial charge in [-0.25, -0.2) is 4.79 Å². The lowest BCUT2D eigenvalue weighted by molar-refractivity contribution is 0.0391. The topological polar surface area (TPSA) is 61.6 Å². The van der Waals surface area contributed by atoms with E-state index in [4.69, 9.17) is 15.2 Å². The van der Waals surface area contributed by atoms with E-state index in [1.807, 2.05) is 6.07 Å². The summed E-state index contributed by atoms with van der Waals surface area (Å²) >= 11 is 0. The van der Waals surface area contributed by atoms with Crippen molar-refractivity contribution in [3.05, 3.63) is 53.1 Å². The van der Waals surface area contributed by atoms with Crippen LogP contribution in [0.2, 0.25) is 0 Å². The molecule has 0 radical (unpaired) electrons. The monoisotopic (exact) mass is 367 g/mol. The number of ether oxygens (including phenoxy) is 2. The maximum absolute atomic E-state index is 11.4. The molecule has 2 aromatic carbocycles. The third-order valence-electron chi connectivity index (χ3n) is 5.40. The quantitative estimate of drug-likeness (QED) is 0.792. The van der Waals surface area contributed by atoms with E-state index >= 15 is 0 Å². The Morgan fingerprint density at radius 1 is 1.15 bits per heavy atom. The smallest absolute Gasteiger partial charge is 0.405 e. The van der Waals surface area contributed by atoms with Crippen molar-refractivity contribution in [3.8, 4) is 16.9 Å². The zero-order chi connectivity index (χ0) is 20.0. The minimum atomic E-state index is -0.748. The number of amides is 1. The van der Waals surface area contributed by atoms with Gasteiger partial charge in [0, 0.05) is 11.0 Å². The average Bonchev–Trinajstić information content (AvgIpc) is 2.82. The summed E-state index contributed by atoms with van der Waals surface area (Å²) in [6.07, 6.45) is -0.296. The first-order valence-electron chi connectivity index (χ1n) is 9.31. The predicted octanol–water partition coefficient (Wildman–Crippen LogP) is 5.38. The summed E-state index contributed by atoms with van der Waals surface area (Å²) in [6.45, 7) is 10.8. The van der Waals surface area contributed by atoms with Crippen LogP contribution in [0.25, 0.3) is 11.1 Å². The van der Waals surface area contributed by atoms with Gasteiger partial charge in [-0.3, -0.25) is 0 Å². The molecular formula is C23H29NO3. The molecule has 144 valence electrons. The van der Waals surface area contributed by atoms with E-state index in [1.165, 1.54) is 11.1 Å². The zero-order valence-electron chi connectivity index (χ0n) is 17.1. The van der Waals surface area contributed by atoms with Crippen molar-refractivity contribution >= 4 is 6.09 Å². The molecule has 0 saturated carbocycles. The number of carbonyl (C=O) groups excluding carboxylic acids is 1. The van der Waals surface area contributed by atoms with Crippen LogP contribution >= 0.6 is 0 Å². The van der Waals surface area contributed by atoms with E-state index in [2.05, 4.69) is 65.0 Å². The second-order valence-corrected chi connectivity index (χ2v) is 9.06. The summed E-state index contributed by atoms with van der Waals surface area (Å²) in [5, 5.41) is 0. The van der Waals surface area contributed by atoms with E-state index < -0.39 is 6.09 Å². The highest BCUT2D eigenvalue weighted by atomic mass is 16.6. The van der Waals surface area contributed by atoms with Crippen LogP contribution in [-0.2, 0) is 16.6 Å². The number of fused-ring (bicyclic) bond motifs is 1. The van der Waals surface area contributed by atoms with Crippen molar-refractivity contribution < 1.29 is 14.3 Å². The van der Waals surface area contributed by atoms with Gasteiger partial charge in [-0.15, -0.1) is 0 Å². The molecule has 2 aromatic rings. The van der Waals surface area contributed by atoms with Gasteiger partial charge < -0.3 is 15.2 Å². The lowest BCUT2D eigenvalue weighted by Crippen LogP contribution is -2.25. The molecule has 1 amide bonds. The maximum Gasteiger partial charge on any atom is 0.405 e. The van der Waals surface area contributed by atoms with Crippen LogP contribution in [0.15, 0.2) is 36.4 Å². The minimum Gasteiger partial charge on any atom is -0.496 e.